The second-order valence-electron chi connectivity index (χ2n) is 5.00. The number of hydrogen-bond acceptors (Lipinski definition) is 3. The van der Waals surface area contributed by atoms with Gasteiger partial charge in [0.2, 0.25) is 5.91 Å². The van der Waals surface area contributed by atoms with Crippen LogP contribution in [0.1, 0.15) is 15.9 Å². The summed E-state index contributed by atoms with van der Waals surface area (Å²) in [6, 6.07) is 14.1. The van der Waals surface area contributed by atoms with Crippen molar-refractivity contribution >= 4 is 23.6 Å². The molecule has 126 valence electrons. The lowest BCUT2D eigenvalue weighted by molar-refractivity contribution is -0.111. The quantitative estimate of drug-likeness (QED) is 0.630. The molecule has 2 aromatic rings. The van der Waals surface area contributed by atoms with Gasteiger partial charge >= 0.3 is 0 Å². The Balaban J connectivity index is 2.12. The third kappa shape index (κ3) is 4.98. The highest BCUT2D eigenvalue weighted by atomic mass is 16.5. The van der Waals surface area contributed by atoms with Crippen LogP contribution in [0.4, 0.5) is 5.69 Å². The number of amides is 2. The first-order chi connectivity index (χ1) is 12.2. The van der Waals surface area contributed by atoms with Gasteiger partial charge in [0.15, 0.2) is 0 Å². The Kier molecular flexibility index (Phi) is 6.38. The van der Waals surface area contributed by atoms with Gasteiger partial charge < -0.3 is 15.4 Å². The highest BCUT2D eigenvalue weighted by Crippen LogP contribution is 2.19. The summed E-state index contributed by atoms with van der Waals surface area (Å²) < 4.78 is 5.23. The van der Waals surface area contributed by atoms with E-state index in [2.05, 4.69) is 16.6 Å². The third-order valence-electron chi connectivity index (χ3n) is 3.33. The van der Waals surface area contributed by atoms with Crippen LogP contribution in [0.5, 0.6) is 5.75 Å². The number of rotatable bonds is 6. The predicted molar refractivity (Wildman–Crippen MR) is 98.3 cm³/mol. The van der Waals surface area contributed by atoms with Crippen molar-refractivity contribution in [1.29, 1.82) is 0 Å². The van der Waals surface area contributed by atoms with E-state index in [0.717, 1.165) is 5.56 Å². The van der Waals surface area contributed by atoms with Crippen molar-refractivity contribution in [1.82, 2.24) is 5.32 Å². The van der Waals surface area contributed by atoms with E-state index in [4.69, 9.17) is 11.2 Å². The molecule has 5 nitrogen and oxygen atoms in total. The minimum atomic E-state index is -0.358. The fraction of sp³-hybridized carbons (Fsp3) is 0.100. The summed E-state index contributed by atoms with van der Waals surface area (Å²) in [5, 5.41) is 5.27. The molecule has 2 aromatic carbocycles. The summed E-state index contributed by atoms with van der Waals surface area (Å²) in [5.74, 6) is 2.30. The summed E-state index contributed by atoms with van der Waals surface area (Å²) in [5.41, 5.74) is 1.53. The maximum Gasteiger partial charge on any atom is 0.254 e. The second-order valence-corrected chi connectivity index (χ2v) is 5.00. The van der Waals surface area contributed by atoms with Crippen LogP contribution in [-0.4, -0.2) is 25.5 Å². The molecular weight excluding hydrogens is 316 g/mol. The molecule has 0 saturated carbocycles. The van der Waals surface area contributed by atoms with Crippen molar-refractivity contribution in [2.24, 2.45) is 0 Å². The molecule has 0 fully saturated rings. The zero-order chi connectivity index (χ0) is 18.1. The van der Waals surface area contributed by atoms with Crippen molar-refractivity contribution in [3.63, 3.8) is 0 Å². The summed E-state index contributed by atoms with van der Waals surface area (Å²) in [7, 11) is 1.57. The number of benzene rings is 2. The number of terminal acetylenes is 1. The van der Waals surface area contributed by atoms with Crippen LogP contribution < -0.4 is 15.4 Å². The van der Waals surface area contributed by atoms with E-state index in [9.17, 15) is 9.59 Å². The van der Waals surface area contributed by atoms with Gasteiger partial charge in [0.25, 0.3) is 5.91 Å². The van der Waals surface area contributed by atoms with Crippen molar-refractivity contribution in [2.75, 3.05) is 19.0 Å². The maximum absolute atomic E-state index is 12.2. The molecule has 5 heteroatoms. The molecule has 0 heterocycles. The molecule has 0 unspecified atom stereocenters. The number of hydrogen-bond donors (Lipinski definition) is 2. The average molecular weight is 334 g/mol. The highest BCUT2D eigenvalue weighted by molar-refractivity contribution is 6.07. The summed E-state index contributed by atoms with van der Waals surface area (Å²) in [6.45, 7) is 0.120. The molecule has 2 amide bonds. The number of methoxy groups -OCH3 is 1. The normalized spacial score (nSPS) is 10.1. The monoisotopic (exact) mass is 334 g/mol. The number of para-hydroxylation sites is 2. The summed E-state index contributed by atoms with van der Waals surface area (Å²) in [6.07, 6.45) is 8.17. The standard InChI is InChI=1S/C20H18N2O3/c1-3-14-21-20(24)16-9-5-6-10-17(16)22-19(23)13-12-15-8-4-7-11-18(15)25-2/h1,4-13H,14H2,2H3,(H,21,24)(H,22,23)/b13-12+. The van der Waals surface area contributed by atoms with Gasteiger partial charge in [0, 0.05) is 11.6 Å². The number of ether oxygens (including phenoxy) is 1. The van der Waals surface area contributed by atoms with Crippen LogP contribution in [0.2, 0.25) is 0 Å². The van der Waals surface area contributed by atoms with E-state index in [1.54, 1.807) is 37.5 Å². The first kappa shape index (κ1) is 17.8. The predicted octanol–water partition coefficient (Wildman–Crippen LogP) is 2.71. The van der Waals surface area contributed by atoms with Gasteiger partial charge in [-0.25, -0.2) is 0 Å². The fourth-order valence-corrected chi connectivity index (χ4v) is 2.16. The van der Waals surface area contributed by atoms with Crippen molar-refractivity contribution < 1.29 is 14.3 Å². The highest BCUT2D eigenvalue weighted by Gasteiger charge is 2.11. The largest absolute Gasteiger partial charge is 0.496 e. The van der Waals surface area contributed by atoms with Gasteiger partial charge in [-0.2, -0.15) is 0 Å². The molecule has 0 radical (unpaired) electrons. The molecule has 2 rings (SSSR count). The zero-order valence-electron chi connectivity index (χ0n) is 13.8. The second kappa shape index (κ2) is 8.94. The minimum absolute atomic E-state index is 0.120. The van der Waals surface area contributed by atoms with Crippen LogP contribution in [0.15, 0.2) is 54.6 Å². The molecule has 0 bridgehead atoms. The SMILES string of the molecule is C#CCNC(=O)c1ccccc1NC(=O)/C=C/c1ccccc1OC. The van der Waals surface area contributed by atoms with E-state index >= 15 is 0 Å². The number of nitrogens with one attached hydrogen (secondary N) is 2. The lowest BCUT2D eigenvalue weighted by atomic mass is 10.1. The molecule has 0 aliphatic heterocycles. The average Bonchev–Trinajstić information content (AvgIpc) is 2.65. The number of carbonyl (C=O) groups excluding carboxylic acids is 2. The lowest BCUT2D eigenvalue weighted by Gasteiger charge is -2.09. The van der Waals surface area contributed by atoms with Crippen LogP contribution >= 0.6 is 0 Å². The minimum Gasteiger partial charge on any atom is -0.496 e. The van der Waals surface area contributed by atoms with Crippen LogP contribution in [0.25, 0.3) is 6.08 Å². The van der Waals surface area contributed by atoms with Gasteiger partial charge in [-0.1, -0.05) is 36.3 Å². The first-order valence-electron chi connectivity index (χ1n) is 7.58. The van der Waals surface area contributed by atoms with Gasteiger partial charge in [-0.05, 0) is 24.3 Å². The lowest BCUT2D eigenvalue weighted by Crippen LogP contribution is -2.25. The molecule has 2 N–H and O–H groups in total. The summed E-state index contributed by atoms with van der Waals surface area (Å²) >= 11 is 0. The summed E-state index contributed by atoms with van der Waals surface area (Å²) in [4.78, 5) is 24.2. The van der Waals surface area contributed by atoms with Gasteiger partial charge in [-0.15, -0.1) is 6.42 Å². The maximum atomic E-state index is 12.2. The Labute approximate surface area is 146 Å². The molecular formula is C20H18N2O3. The van der Waals surface area contributed by atoms with Crippen LogP contribution in [-0.2, 0) is 4.79 Å². The molecule has 0 atom stereocenters. The smallest absolute Gasteiger partial charge is 0.254 e. The van der Waals surface area contributed by atoms with E-state index in [0.29, 0.717) is 17.0 Å². The van der Waals surface area contributed by atoms with Crippen molar-refractivity contribution in [3.8, 4) is 18.1 Å². The third-order valence-corrected chi connectivity index (χ3v) is 3.33. The van der Waals surface area contributed by atoms with Crippen LogP contribution in [0.3, 0.4) is 0 Å². The van der Waals surface area contributed by atoms with Gasteiger partial charge in [-0.3, -0.25) is 9.59 Å². The van der Waals surface area contributed by atoms with Gasteiger partial charge in [0.05, 0.1) is 24.9 Å². The molecule has 0 aromatic heterocycles. The first-order valence-corrected chi connectivity index (χ1v) is 7.58. The molecule has 0 aliphatic rings. The Bertz CT molecular complexity index is 835. The number of anilines is 1. The zero-order valence-corrected chi connectivity index (χ0v) is 13.8. The fourth-order valence-electron chi connectivity index (χ4n) is 2.16. The van der Waals surface area contributed by atoms with E-state index in [1.807, 2.05) is 24.3 Å². The Morgan fingerprint density at radius 3 is 2.64 bits per heavy atom. The van der Waals surface area contributed by atoms with E-state index in [1.165, 1.54) is 6.08 Å². The Morgan fingerprint density at radius 1 is 1.16 bits per heavy atom. The van der Waals surface area contributed by atoms with E-state index < -0.39 is 0 Å². The molecule has 25 heavy (non-hydrogen) atoms. The van der Waals surface area contributed by atoms with Crippen molar-refractivity contribution in [3.05, 3.63) is 65.7 Å². The molecule has 0 aliphatic carbocycles. The Morgan fingerprint density at radius 2 is 1.88 bits per heavy atom. The van der Waals surface area contributed by atoms with Crippen molar-refractivity contribution in [2.45, 2.75) is 0 Å². The van der Waals surface area contributed by atoms with E-state index in [-0.39, 0.29) is 18.4 Å². The van der Waals surface area contributed by atoms with Crippen LogP contribution in [0, 0.1) is 12.3 Å². The Hall–Kier alpha value is -3.52. The molecule has 0 saturated heterocycles. The number of carbonyl (C=O) groups is 2. The molecule has 0 spiro atoms. The van der Waals surface area contributed by atoms with Gasteiger partial charge in [0.1, 0.15) is 5.75 Å². The topological polar surface area (TPSA) is 67.4 Å².